The molecule has 1 fully saturated rings. The Hall–Kier alpha value is -3.15. The Morgan fingerprint density at radius 2 is 1.83 bits per heavy atom. The first kappa shape index (κ1) is 26.5. The lowest BCUT2D eigenvalue weighted by atomic mass is 9.99. The number of amides is 2. The van der Waals surface area contributed by atoms with Crippen molar-refractivity contribution < 1.29 is 32.6 Å². The zero-order chi connectivity index (χ0) is 25.5. The van der Waals surface area contributed by atoms with Crippen LogP contribution in [-0.2, 0) is 42.3 Å². The molecular formula is C24H26N2O7S2. The summed E-state index contributed by atoms with van der Waals surface area (Å²) in [6.07, 6.45) is 0.0397. The average Bonchev–Trinajstić information content (AvgIpc) is 2.84. The third-order valence-corrected chi connectivity index (χ3v) is 7.24. The quantitative estimate of drug-likeness (QED) is 0.153. The van der Waals surface area contributed by atoms with Gasteiger partial charge in [-0.1, -0.05) is 49.0 Å². The summed E-state index contributed by atoms with van der Waals surface area (Å²) in [4.78, 5) is 39.5. The van der Waals surface area contributed by atoms with Crippen LogP contribution in [0.4, 0.5) is 0 Å². The summed E-state index contributed by atoms with van der Waals surface area (Å²) in [6.45, 7) is 5.32. The van der Waals surface area contributed by atoms with Crippen molar-refractivity contribution in [3.8, 4) is 5.75 Å². The van der Waals surface area contributed by atoms with Crippen molar-refractivity contribution in [3.63, 3.8) is 0 Å². The van der Waals surface area contributed by atoms with Crippen LogP contribution in [0.3, 0.4) is 0 Å². The van der Waals surface area contributed by atoms with Gasteiger partial charge in [-0.15, -0.1) is 0 Å². The van der Waals surface area contributed by atoms with Gasteiger partial charge in [0.25, 0.3) is 0 Å². The van der Waals surface area contributed by atoms with Crippen LogP contribution in [0.25, 0.3) is 0 Å². The molecule has 2 N–H and O–H groups in total. The van der Waals surface area contributed by atoms with E-state index in [4.69, 9.17) is 9.47 Å². The molecule has 0 spiro atoms. The van der Waals surface area contributed by atoms with Gasteiger partial charge in [0.05, 0.1) is 13.5 Å². The second-order valence-corrected chi connectivity index (χ2v) is 10.4. The minimum Gasteiger partial charge on any atom is -0.497 e. The molecule has 11 heteroatoms. The molecule has 1 heterocycles. The molecule has 3 rings (SSSR count). The topological polar surface area (TPSA) is 122 Å². The lowest BCUT2D eigenvalue weighted by molar-refractivity contribution is -0.163. The number of carbonyl (C=O) groups excluding carboxylic acids is 3. The van der Waals surface area contributed by atoms with Gasteiger partial charge in [0.2, 0.25) is 21.9 Å². The molecule has 1 saturated heterocycles. The van der Waals surface area contributed by atoms with Gasteiger partial charge in [0, 0.05) is 0 Å². The monoisotopic (exact) mass is 518 g/mol. The molecule has 2 amide bonds. The van der Waals surface area contributed by atoms with E-state index >= 15 is 0 Å². The normalized spacial score (nSPS) is 18.7. The van der Waals surface area contributed by atoms with Gasteiger partial charge in [-0.25, -0.2) is 9.00 Å². The lowest BCUT2D eigenvalue weighted by Gasteiger charge is -2.48. The molecular weight excluding hydrogens is 492 g/mol. The Labute approximate surface area is 209 Å². The predicted molar refractivity (Wildman–Crippen MR) is 132 cm³/mol. The van der Waals surface area contributed by atoms with Gasteiger partial charge in [-0.3, -0.25) is 14.1 Å². The maximum absolute atomic E-state index is 13.0. The van der Waals surface area contributed by atoms with Crippen molar-refractivity contribution >= 4 is 38.7 Å². The van der Waals surface area contributed by atoms with E-state index in [2.05, 4.69) is 11.9 Å². The maximum Gasteiger partial charge on any atom is 0.333 e. The predicted octanol–water partition coefficient (Wildman–Crippen LogP) is 2.45. The first-order valence-electron chi connectivity index (χ1n) is 10.6. The number of nitrogens with zero attached hydrogens (tertiary/aromatic N) is 1. The number of β-lactam (4-membered cyclic amide) rings is 1. The van der Waals surface area contributed by atoms with Gasteiger partial charge >= 0.3 is 5.97 Å². The van der Waals surface area contributed by atoms with E-state index in [-0.39, 0.29) is 13.0 Å². The SMILES string of the molecule is C=C(C)C(C(=O)OCc1ccc(OC)cc1)N1C(=O)C(NC(=O)Cc2ccccc2)C1SS(=O)O. The van der Waals surface area contributed by atoms with Crippen molar-refractivity contribution in [2.24, 2.45) is 0 Å². The molecule has 1 aliphatic heterocycles. The van der Waals surface area contributed by atoms with E-state index in [1.165, 1.54) is 0 Å². The Balaban J connectivity index is 1.70. The number of hydrogen-bond donors (Lipinski definition) is 2. The Morgan fingerprint density at radius 3 is 2.40 bits per heavy atom. The second kappa shape index (κ2) is 12.0. The highest BCUT2D eigenvalue weighted by atomic mass is 33.1. The van der Waals surface area contributed by atoms with E-state index in [1.807, 2.05) is 6.07 Å². The van der Waals surface area contributed by atoms with Crippen molar-refractivity contribution in [1.29, 1.82) is 0 Å². The first-order chi connectivity index (χ1) is 16.7. The molecule has 0 radical (unpaired) electrons. The van der Waals surface area contributed by atoms with Gasteiger partial charge in [0.1, 0.15) is 23.8 Å². The summed E-state index contributed by atoms with van der Waals surface area (Å²) in [7, 11) is -0.265. The summed E-state index contributed by atoms with van der Waals surface area (Å²) in [5, 5.41) is 1.66. The first-order valence-corrected chi connectivity index (χ1v) is 13.1. The van der Waals surface area contributed by atoms with Crippen LogP contribution in [0, 0.1) is 0 Å². The fraction of sp³-hybridized carbons (Fsp3) is 0.292. The van der Waals surface area contributed by atoms with Gasteiger partial charge in [-0.05, 0) is 46.6 Å². The van der Waals surface area contributed by atoms with Crippen LogP contribution < -0.4 is 10.1 Å². The number of benzene rings is 2. The summed E-state index contributed by atoms with van der Waals surface area (Å²) >= 11 is 0. The smallest absolute Gasteiger partial charge is 0.333 e. The van der Waals surface area contributed by atoms with Crippen molar-refractivity contribution in [2.75, 3.05) is 7.11 Å². The highest BCUT2D eigenvalue weighted by Crippen LogP contribution is 2.35. The molecule has 0 saturated carbocycles. The third kappa shape index (κ3) is 6.71. The molecule has 0 aromatic heterocycles. The number of methoxy groups -OCH3 is 1. The number of nitrogens with one attached hydrogen (secondary N) is 1. The Morgan fingerprint density at radius 1 is 1.17 bits per heavy atom. The summed E-state index contributed by atoms with van der Waals surface area (Å²) < 4.78 is 31.6. The van der Waals surface area contributed by atoms with Crippen molar-refractivity contribution in [2.45, 2.75) is 37.4 Å². The van der Waals surface area contributed by atoms with Crippen LogP contribution in [0.2, 0.25) is 0 Å². The van der Waals surface area contributed by atoms with Crippen molar-refractivity contribution in [1.82, 2.24) is 10.2 Å². The molecule has 9 nitrogen and oxygen atoms in total. The summed E-state index contributed by atoms with van der Waals surface area (Å²) in [5.74, 6) is -1.06. The number of esters is 1. The lowest BCUT2D eigenvalue weighted by Crippen LogP contribution is -2.73. The molecule has 35 heavy (non-hydrogen) atoms. The van der Waals surface area contributed by atoms with Crippen LogP contribution >= 0.6 is 10.8 Å². The maximum atomic E-state index is 13.0. The van der Waals surface area contributed by atoms with Gasteiger partial charge in [0.15, 0.2) is 6.04 Å². The fourth-order valence-electron chi connectivity index (χ4n) is 3.59. The molecule has 4 atom stereocenters. The highest BCUT2D eigenvalue weighted by Gasteiger charge is 2.54. The van der Waals surface area contributed by atoms with E-state index in [0.717, 1.165) is 10.5 Å². The largest absolute Gasteiger partial charge is 0.497 e. The summed E-state index contributed by atoms with van der Waals surface area (Å²) in [6, 6.07) is 13.7. The molecule has 2 aromatic rings. The van der Waals surface area contributed by atoms with Gasteiger partial charge < -0.3 is 19.7 Å². The van der Waals surface area contributed by atoms with E-state index in [0.29, 0.717) is 27.7 Å². The average molecular weight is 519 g/mol. The standard InChI is InChI=1S/C24H26N2O7S2/c1-15(2)21(24(29)33-14-17-9-11-18(32-3)12-10-17)26-22(28)20(23(26)34-35(30)31)25-19(27)13-16-7-5-4-6-8-16/h4-12,20-21,23H,1,13-14H2,2-3H3,(H,25,27)(H,30,31). The van der Waals surface area contributed by atoms with Crippen LogP contribution in [-0.4, -0.2) is 56.0 Å². The molecule has 0 aliphatic carbocycles. The molecule has 2 aromatic carbocycles. The minimum atomic E-state index is -2.36. The fourth-order valence-corrected chi connectivity index (χ4v) is 5.49. The Kier molecular flexibility index (Phi) is 9.07. The third-order valence-electron chi connectivity index (χ3n) is 5.29. The highest BCUT2D eigenvalue weighted by molar-refractivity contribution is 8.67. The Bertz CT molecular complexity index is 1110. The zero-order valence-corrected chi connectivity index (χ0v) is 20.8. The number of ether oxygens (including phenoxy) is 2. The van der Waals surface area contributed by atoms with Crippen molar-refractivity contribution in [3.05, 3.63) is 77.9 Å². The number of carbonyl (C=O) groups is 3. The van der Waals surface area contributed by atoms with Crippen LogP contribution in [0.1, 0.15) is 18.1 Å². The second-order valence-electron chi connectivity index (χ2n) is 7.86. The van der Waals surface area contributed by atoms with E-state index in [1.54, 1.807) is 62.6 Å². The molecule has 4 unspecified atom stereocenters. The van der Waals surface area contributed by atoms with Crippen LogP contribution in [0.15, 0.2) is 66.7 Å². The summed E-state index contributed by atoms with van der Waals surface area (Å²) in [5.41, 5.74) is 1.79. The zero-order valence-electron chi connectivity index (χ0n) is 19.2. The molecule has 186 valence electrons. The van der Waals surface area contributed by atoms with E-state index < -0.39 is 45.4 Å². The molecule has 0 bridgehead atoms. The minimum absolute atomic E-state index is 0.0397. The van der Waals surface area contributed by atoms with Gasteiger partial charge in [-0.2, -0.15) is 0 Å². The number of hydrogen-bond acceptors (Lipinski definition) is 7. The number of likely N-dealkylation sites (tertiary alicyclic amines) is 1. The number of rotatable bonds is 11. The molecule has 1 aliphatic rings. The van der Waals surface area contributed by atoms with Crippen LogP contribution in [0.5, 0.6) is 5.75 Å². The van der Waals surface area contributed by atoms with E-state index in [9.17, 15) is 23.1 Å².